The number of carbonyl (C=O) groups is 3. The molecular weight excluding hydrogens is 374 g/mol. The lowest BCUT2D eigenvalue weighted by Crippen LogP contribution is -2.28. The molecule has 1 amide bonds. The van der Waals surface area contributed by atoms with Gasteiger partial charge in [0.15, 0.2) is 6.61 Å². The van der Waals surface area contributed by atoms with E-state index in [0.717, 1.165) is 5.56 Å². The standard InChI is InChI=1S/C22H25NO6/c1-15(2)13-28-19-6-4-5-18(11-19)22(26)29-14-20(24)23-12-16-7-9-17(10-8-16)21(25)27-3/h4-11,15H,12-14H2,1-3H3,(H,23,24). The zero-order valence-corrected chi connectivity index (χ0v) is 16.8. The number of benzene rings is 2. The minimum Gasteiger partial charge on any atom is -0.493 e. The number of hydrogen-bond acceptors (Lipinski definition) is 6. The zero-order chi connectivity index (χ0) is 21.2. The summed E-state index contributed by atoms with van der Waals surface area (Å²) >= 11 is 0. The van der Waals surface area contributed by atoms with Crippen molar-refractivity contribution < 1.29 is 28.6 Å². The first-order valence-corrected chi connectivity index (χ1v) is 9.23. The highest BCUT2D eigenvalue weighted by Crippen LogP contribution is 2.15. The van der Waals surface area contributed by atoms with Crippen LogP contribution in [-0.4, -0.2) is 38.2 Å². The predicted octanol–water partition coefficient (Wildman–Crippen LogP) is 2.98. The quantitative estimate of drug-likeness (QED) is 0.652. The minimum absolute atomic E-state index is 0.246. The Morgan fingerprint density at radius 3 is 2.34 bits per heavy atom. The van der Waals surface area contributed by atoms with Crippen molar-refractivity contribution in [2.75, 3.05) is 20.3 Å². The van der Waals surface area contributed by atoms with E-state index in [-0.39, 0.29) is 6.54 Å². The summed E-state index contributed by atoms with van der Waals surface area (Å²) in [5.41, 5.74) is 1.54. The second-order valence-electron chi connectivity index (χ2n) is 6.77. The smallest absolute Gasteiger partial charge is 0.338 e. The first-order valence-electron chi connectivity index (χ1n) is 9.23. The van der Waals surface area contributed by atoms with Gasteiger partial charge in [0.2, 0.25) is 0 Å². The highest BCUT2D eigenvalue weighted by molar-refractivity contribution is 5.91. The van der Waals surface area contributed by atoms with Crippen LogP contribution in [0.2, 0.25) is 0 Å². The summed E-state index contributed by atoms with van der Waals surface area (Å²) in [7, 11) is 1.31. The van der Waals surface area contributed by atoms with E-state index in [1.807, 2.05) is 13.8 Å². The van der Waals surface area contributed by atoms with Gasteiger partial charge in [0.25, 0.3) is 5.91 Å². The van der Waals surface area contributed by atoms with E-state index in [1.165, 1.54) is 7.11 Å². The Hall–Kier alpha value is -3.35. The van der Waals surface area contributed by atoms with Crippen LogP contribution in [0.15, 0.2) is 48.5 Å². The molecule has 7 heteroatoms. The second kappa shape index (κ2) is 10.8. The molecule has 0 bridgehead atoms. The Kier molecular flexibility index (Phi) is 8.21. The number of amides is 1. The molecule has 0 saturated carbocycles. The Balaban J connectivity index is 1.79. The molecule has 0 radical (unpaired) electrons. The maximum absolute atomic E-state index is 12.1. The van der Waals surface area contributed by atoms with Gasteiger partial charge < -0.3 is 19.5 Å². The van der Waals surface area contributed by atoms with E-state index < -0.39 is 24.5 Å². The number of rotatable bonds is 9. The zero-order valence-electron chi connectivity index (χ0n) is 16.8. The third kappa shape index (κ3) is 7.29. The van der Waals surface area contributed by atoms with Gasteiger partial charge in [-0.15, -0.1) is 0 Å². The molecule has 0 aliphatic heterocycles. The molecule has 2 rings (SSSR count). The average molecular weight is 399 g/mol. The number of carbonyl (C=O) groups excluding carboxylic acids is 3. The monoisotopic (exact) mass is 399 g/mol. The maximum atomic E-state index is 12.1. The number of ether oxygens (including phenoxy) is 3. The van der Waals surface area contributed by atoms with Gasteiger partial charge in [-0.2, -0.15) is 0 Å². The Bertz CT molecular complexity index is 845. The molecular formula is C22H25NO6. The summed E-state index contributed by atoms with van der Waals surface area (Å²) in [5, 5.41) is 2.66. The molecule has 0 aliphatic rings. The summed E-state index contributed by atoms with van der Waals surface area (Å²) in [6.45, 7) is 4.46. The van der Waals surface area contributed by atoms with Crippen LogP contribution in [0.1, 0.15) is 40.1 Å². The fraction of sp³-hybridized carbons (Fsp3) is 0.318. The van der Waals surface area contributed by atoms with Crippen molar-refractivity contribution in [2.45, 2.75) is 20.4 Å². The van der Waals surface area contributed by atoms with Crippen LogP contribution in [0.25, 0.3) is 0 Å². The van der Waals surface area contributed by atoms with Crippen LogP contribution in [0.3, 0.4) is 0 Å². The first kappa shape index (κ1) is 21.9. The molecule has 154 valence electrons. The summed E-state index contributed by atoms with van der Waals surface area (Å²) in [6.07, 6.45) is 0. The molecule has 0 heterocycles. The van der Waals surface area contributed by atoms with Crippen LogP contribution in [0, 0.1) is 5.92 Å². The molecule has 2 aromatic carbocycles. The fourth-order valence-electron chi connectivity index (χ4n) is 2.32. The largest absolute Gasteiger partial charge is 0.493 e. The van der Waals surface area contributed by atoms with Gasteiger partial charge in [0.1, 0.15) is 5.75 Å². The summed E-state index contributed by atoms with van der Waals surface area (Å²) in [5.74, 6) is -0.509. The molecule has 0 saturated heterocycles. The van der Waals surface area contributed by atoms with Crippen LogP contribution in [0.4, 0.5) is 0 Å². The second-order valence-corrected chi connectivity index (χ2v) is 6.77. The molecule has 2 aromatic rings. The van der Waals surface area contributed by atoms with Gasteiger partial charge in [-0.25, -0.2) is 9.59 Å². The van der Waals surface area contributed by atoms with Gasteiger partial charge in [-0.3, -0.25) is 4.79 Å². The van der Waals surface area contributed by atoms with Crippen LogP contribution >= 0.6 is 0 Å². The van der Waals surface area contributed by atoms with Crippen molar-refractivity contribution in [2.24, 2.45) is 5.92 Å². The normalized spacial score (nSPS) is 10.3. The molecule has 0 aromatic heterocycles. The molecule has 1 N–H and O–H groups in total. The maximum Gasteiger partial charge on any atom is 0.338 e. The summed E-state index contributed by atoms with van der Waals surface area (Å²) in [4.78, 5) is 35.5. The highest BCUT2D eigenvalue weighted by atomic mass is 16.5. The lowest BCUT2D eigenvalue weighted by Gasteiger charge is -2.10. The molecule has 0 unspecified atom stereocenters. The third-order valence-electron chi connectivity index (χ3n) is 3.85. The van der Waals surface area contributed by atoms with E-state index in [1.54, 1.807) is 48.5 Å². The van der Waals surface area contributed by atoms with Crippen LogP contribution in [-0.2, 0) is 20.8 Å². The Labute approximate surface area is 170 Å². The van der Waals surface area contributed by atoms with E-state index in [9.17, 15) is 14.4 Å². The molecule has 0 aliphatic carbocycles. The van der Waals surface area contributed by atoms with Gasteiger partial charge in [0, 0.05) is 6.54 Å². The minimum atomic E-state index is -0.599. The van der Waals surface area contributed by atoms with E-state index in [0.29, 0.717) is 29.4 Å². The van der Waals surface area contributed by atoms with Crippen molar-refractivity contribution in [3.05, 3.63) is 65.2 Å². The van der Waals surface area contributed by atoms with Gasteiger partial charge in [-0.05, 0) is 41.8 Å². The summed E-state index contributed by atoms with van der Waals surface area (Å²) < 4.78 is 15.3. The lowest BCUT2D eigenvalue weighted by molar-refractivity contribution is -0.124. The topological polar surface area (TPSA) is 90.9 Å². The molecule has 7 nitrogen and oxygen atoms in total. The first-order chi connectivity index (χ1) is 13.9. The van der Waals surface area contributed by atoms with Crippen LogP contribution in [0.5, 0.6) is 5.75 Å². The SMILES string of the molecule is COC(=O)c1ccc(CNC(=O)COC(=O)c2cccc(OCC(C)C)c2)cc1. The van der Waals surface area contributed by atoms with Crippen molar-refractivity contribution in [3.63, 3.8) is 0 Å². The van der Waals surface area contributed by atoms with Crippen molar-refractivity contribution in [1.29, 1.82) is 0 Å². The lowest BCUT2D eigenvalue weighted by atomic mass is 10.1. The van der Waals surface area contributed by atoms with Gasteiger partial charge in [-0.1, -0.05) is 32.0 Å². The fourth-order valence-corrected chi connectivity index (χ4v) is 2.32. The van der Waals surface area contributed by atoms with Crippen molar-refractivity contribution in [3.8, 4) is 5.75 Å². The predicted molar refractivity (Wildman–Crippen MR) is 107 cm³/mol. The molecule has 0 fully saturated rings. The third-order valence-corrected chi connectivity index (χ3v) is 3.85. The Morgan fingerprint density at radius 2 is 1.69 bits per heavy atom. The summed E-state index contributed by atoms with van der Waals surface area (Å²) in [6, 6.07) is 13.3. The Morgan fingerprint density at radius 1 is 0.966 bits per heavy atom. The van der Waals surface area contributed by atoms with Crippen LogP contribution < -0.4 is 10.1 Å². The number of esters is 2. The average Bonchev–Trinajstić information content (AvgIpc) is 2.74. The number of nitrogens with one attached hydrogen (secondary N) is 1. The highest BCUT2D eigenvalue weighted by Gasteiger charge is 2.12. The molecule has 0 atom stereocenters. The molecule has 0 spiro atoms. The van der Waals surface area contributed by atoms with Crippen molar-refractivity contribution in [1.82, 2.24) is 5.32 Å². The molecule has 29 heavy (non-hydrogen) atoms. The van der Waals surface area contributed by atoms with Gasteiger partial charge >= 0.3 is 11.9 Å². The van der Waals surface area contributed by atoms with Gasteiger partial charge in [0.05, 0.1) is 24.8 Å². The van der Waals surface area contributed by atoms with E-state index in [4.69, 9.17) is 9.47 Å². The van der Waals surface area contributed by atoms with Crippen molar-refractivity contribution >= 4 is 17.8 Å². The number of hydrogen-bond donors (Lipinski definition) is 1. The van der Waals surface area contributed by atoms with E-state index in [2.05, 4.69) is 10.1 Å². The van der Waals surface area contributed by atoms with E-state index >= 15 is 0 Å². The number of methoxy groups -OCH3 is 1.